The number of rotatable bonds is 12. The molecule has 0 fully saturated rings. The molecule has 0 saturated heterocycles. The van der Waals surface area contributed by atoms with Crippen molar-refractivity contribution in [2.45, 2.75) is 129 Å². The highest BCUT2D eigenvalue weighted by Gasteiger charge is 2.28. The number of fused-ring (bicyclic) bond motifs is 2. The van der Waals surface area contributed by atoms with Crippen molar-refractivity contribution in [3.8, 4) is 0 Å². The van der Waals surface area contributed by atoms with Crippen LogP contribution in [0.15, 0.2) is 32.0 Å². The molecular formula is C29H42N2OS6. The van der Waals surface area contributed by atoms with Gasteiger partial charge >= 0.3 is 0 Å². The van der Waals surface area contributed by atoms with Crippen molar-refractivity contribution in [1.29, 1.82) is 0 Å². The van der Waals surface area contributed by atoms with Crippen molar-refractivity contribution in [3.05, 3.63) is 32.5 Å². The minimum absolute atomic E-state index is 0.0870. The van der Waals surface area contributed by atoms with Crippen molar-refractivity contribution in [2.75, 3.05) is 11.5 Å². The minimum Gasteiger partial charge on any atom is -0.393 e. The molecule has 0 aromatic carbocycles. The molecule has 1 N–H and O–H groups in total. The van der Waals surface area contributed by atoms with Crippen LogP contribution in [0.5, 0.6) is 0 Å². The van der Waals surface area contributed by atoms with E-state index in [2.05, 4.69) is 49.0 Å². The van der Waals surface area contributed by atoms with Gasteiger partial charge in [-0.15, -0.1) is 48.8 Å². The van der Waals surface area contributed by atoms with Crippen LogP contribution in [0.1, 0.15) is 90.2 Å². The van der Waals surface area contributed by atoms with E-state index in [1.165, 1.54) is 20.9 Å². The van der Waals surface area contributed by atoms with Gasteiger partial charge in [-0.25, -0.2) is 0 Å². The molecule has 210 valence electrons. The molecule has 2 aliphatic heterocycles. The van der Waals surface area contributed by atoms with E-state index in [0.29, 0.717) is 0 Å². The zero-order valence-corrected chi connectivity index (χ0v) is 28.1. The normalized spacial score (nSPS) is 15.4. The maximum Gasteiger partial charge on any atom is 0.108 e. The SMILES string of the molecule is CC(C)(CCCCC(O)CCCCC(C)(C)n1c(S)c2c(cc1=S)SCC2)n1c(S)c2c(cc1=S)SCC2. The van der Waals surface area contributed by atoms with Gasteiger partial charge in [-0.05, 0) is 89.5 Å². The number of aliphatic hydroxyl groups excluding tert-OH is 1. The third-order valence-corrected chi connectivity index (χ3v) is 11.8. The lowest BCUT2D eigenvalue weighted by atomic mass is 9.93. The molecule has 4 heterocycles. The van der Waals surface area contributed by atoms with Crippen LogP contribution in [0.3, 0.4) is 0 Å². The maximum absolute atomic E-state index is 10.7. The van der Waals surface area contributed by atoms with E-state index in [0.717, 1.165) is 95.0 Å². The van der Waals surface area contributed by atoms with E-state index < -0.39 is 0 Å². The number of unbranched alkanes of at least 4 members (excludes halogenated alkanes) is 2. The van der Waals surface area contributed by atoms with Crippen LogP contribution in [-0.4, -0.2) is 31.9 Å². The summed E-state index contributed by atoms with van der Waals surface area (Å²) in [5.74, 6) is 2.24. The lowest BCUT2D eigenvalue weighted by Crippen LogP contribution is -2.29. The zero-order valence-electron chi connectivity index (χ0n) is 23.1. The Morgan fingerprint density at radius 1 is 0.789 bits per heavy atom. The molecule has 0 amide bonds. The average molecular weight is 627 g/mol. The molecule has 38 heavy (non-hydrogen) atoms. The Labute approximate surface area is 258 Å². The lowest BCUT2D eigenvalue weighted by Gasteiger charge is -2.32. The number of hydrogen-bond acceptors (Lipinski definition) is 7. The first-order valence-corrected chi connectivity index (χ1v) is 17.5. The summed E-state index contributed by atoms with van der Waals surface area (Å²) < 4.78 is 6.25. The van der Waals surface area contributed by atoms with E-state index in [-0.39, 0.29) is 17.2 Å². The molecule has 0 atom stereocenters. The summed E-state index contributed by atoms with van der Waals surface area (Å²) in [6, 6.07) is 4.31. The van der Waals surface area contributed by atoms with Crippen LogP contribution < -0.4 is 0 Å². The van der Waals surface area contributed by atoms with Crippen LogP contribution in [0.2, 0.25) is 0 Å². The predicted octanol–water partition coefficient (Wildman–Crippen LogP) is 9.27. The van der Waals surface area contributed by atoms with Crippen molar-refractivity contribution in [2.24, 2.45) is 0 Å². The van der Waals surface area contributed by atoms with Crippen molar-refractivity contribution in [3.63, 3.8) is 0 Å². The molecule has 0 spiro atoms. The summed E-state index contributed by atoms with van der Waals surface area (Å²) in [4.78, 5) is 2.61. The van der Waals surface area contributed by atoms with Crippen LogP contribution in [0.25, 0.3) is 0 Å². The molecular weight excluding hydrogens is 585 g/mol. The Morgan fingerprint density at radius 3 is 1.58 bits per heavy atom. The third kappa shape index (κ3) is 6.93. The summed E-state index contributed by atoms with van der Waals surface area (Å²) in [6.45, 7) is 9.05. The number of aromatic nitrogens is 2. The van der Waals surface area contributed by atoms with Gasteiger partial charge in [0.2, 0.25) is 0 Å². The van der Waals surface area contributed by atoms with Gasteiger partial charge in [-0.3, -0.25) is 0 Å². The second kappa shape index (κ2) is 13.0. The fraction of sp³-hybridized carbons (Fsp3) is 0.655. The summed E-state index contributed by atoms with van der Waals surface area (Å²) in [5, 5.41) is 12.7. The first kappa shape index (κ1) is 31.0. The van der Waals surface area contributed by atoms with Crippen LogP contribution in [0, 0.1) is 9.28 Å². The summed E-state index contributed by atoms with van der Waals surface area (Å²) in [7, 11) is 0. The highest BCUT2D eigenvalue weighted by molar-refractivity contribution is 8.00. The van der Waals surface area contributed by atoms with Crippen LogP contribution in [-0.2, 0) is 23.9 Å². The van der Waals surface area contributed by atoms with Gasteiger partial charge in [-0.1, -0.05) is 50.1 Å². The summed E-state index contributed by atoms with van der Waals surface area (Å²) in [6.07, 6.45) is 9.85. The van der Waals surface area contributed by atoms with Gasteiger partial charge in [0.15, 0.2) is 0 Å². The second-order valence-electron chi connectivity index (χ2n) is 11.9. The maximum atomic E-state index is 10.7. The second-order valence-corrected chi connectivity index (χ2v) is 15.9. The zero-order chi connectivity index (χ0) is 27.7. The molecule has 4 rings (SSSR count). The average Bonchev–Trinajstić information content (AvgIpc) is 3.49. The van der Waals surface area contributed by atoms with Crippen LogP contribution >= 0.6 is 73.2 Å². The van der Waals surface area contributed by atoms with E-state index in [1.54, 1.807) is 0 Å². The van der Waals surface area contributed by atoms with Gasteiger partial charge in [0.1, 0.15) is 9.28 Å². The summed E-state index contributed by atoms with van der Waals surface area (Å²) in [5.41, 5.74) is 2.52. The third-order valence-electron chi connectivity index (χ3n) is 8.09. The quantitative estimate of drug-likeness (QED) is 0.124. The van der Waals surface area contributed by atoms with E-state index in [9.17, 15) is 5.11 Å². The number of thiol groups is 2. The van der Waals surface area contributed by atoms with E-state index in [4.69, 9.17) is 49.7 Å². The lowest BCUT2D eigenvalue weighted by molar-refractivity contribution is 0.143. The number of nitrogens with zero attached hydrogens (tertiary/aromatic N) is 2. The molecule has 9 heteroatoms. The van der Waals surface area contributed by atoms with Crippen molar-refractivity contribution >= 4 is 73.2 Å². The molecule has 2 aliphatic rings. The van der Waals surface area contributed by atoms with Crippen molar-refractivity contribution < 1.29 is 5.11 Å². The van der Waals surface area contributed by atoms with Gasteiger partial charge < -0.3 is 14.2 Å². The first-order chi connectivity index (χ1) is 17.9. The van der Waals surface area contributed by atoms with Gasteiger partial charge in [0.05, 0.1) is 16.2 Å². The Balaban J connectivity index is 1.21. The van der Waals surface area contributed by atoms with E-state index >= 15 is 0 Å². The van der Waals surface area contributed by atoms with Gasteiger partial charge in [0.25, 0.3) is 0 Å². The molecule has 2 aromatic rings. The first-order valence-electron chi connectivity index (χ1n) is 13.8. The number of thioether (sulfide) groups is 2. The number of aliphatic hydroxyl groups is 1. The Kier molecular flexibility index (Phi) is 10.6. The van der Waals surface area contributed by atoms with E-state index in [1.807, 2.05) is 23.5 Å². The topological polar surface area (TPSA) is 30.1 Å². The Morgan fingerprint density at radius 2 is 1.18 bits per heavy atom. The fourth-order valence-corrected chi connectivity index (χ4v) is 10.7. The van der Waals surface area contributed by atoms with Gasteiger partial charge in [0, 0.05) is 32.4 Å². The monoisotopic (exact) mass is 626 g/mol. The molecule has 0 bridgehead atoms. The molecule has 0 radical (unpaired) electrons. The smallest absolute Gasteiger partial charge is 0.108 e. The Hall–Kier alpha value is 0.1000. The molecule has 0 saturated carbocycles. The molecule has 2 aromatic heterocycles. The molecule has 0 aliphatic carbocycles. The minimum atomic E-state index is -0.236. The molecule has 0 unspecified atom stereocenters. The summed E-state index contributed by atoms with van der Waals surface area (Å²) >= 11 is 25.1. The van der Waals surface area contributed by atoms with Crippen LogP contribution in [0.4, 0.5) is 0 Å². The number of hydrogen-bond donors (Lipinski definition) is 3. The Bertz CT molecular complexity index is 1180. The predicted molar refractivity (Wildman–Crippen MR) is 175 cm³/mol. The highest BCUT2D eigenvalue weighted by Crippen LogP contribution is 2.40. The number of pyridine rings is 2. The fourth-order valence-electron chi connectivity index (χ4n) is 5.89. The van der Waals surface area contributed by atoms with Gasteiger partial charge in [-0.2, -0.15) is 0 Å². The largest absolute Gasteiger partial charge is 0.393 e. The highest BCUT2D eigenvalue weighted by atomic mass is 32.2. The standard InChI is InChI=1S/C29H42N2OS6/c1-28(2,30-24(33)17-22-20(26(30)35)11-15-37-22)13-7-5-9-19(32)10-6-8-14-29(3,4)31-25(34)18-23-21(27(31)36)12-16-38-23/h17-19,32,35-36H,5-16H2,1-4H3. The van der Waals surface area contributed by atoms with Crippen molar-refractivity contribution in [1.82, 2.24) is 9.13 Å². The molecule has 3 nitrogen and oxygen atoms in total.